The second-order valence-corrected chi connectivity index (χ2v) is 6.42. The molecule has 2 heterocycles. The van der Waals surface area contributed by atoms with E-state index in [-0.39, 0.29) is 10.8 Å². The number of nitrogens with zero attached hydrogens (tertiary/aromatic N) is 4. The average molecular weight is 390 g/mol. The first-order valence-corrected chi connectivity index (χ1v) is 8.63. The van der Waals surface area contributed by atoms with Crippen LogP contribution in [-0.4, -0.2) is 19.2 Å². The summed E-state index contributed by atoms with van der Waals surface area (Å²) in [4.78, 5) is 13.0. The number of halogens is 1. The molecule has 7 heteroatoms. The van der Waals surface area contributed by atoms with Crippen molar-refractivity contribution in [3.63, 3.8) is 0 Å². The maximum Gasteiger partial charge on any atom is 0.300 e. The van der Waals surface area contributed by atoms with Crippen molar-refractivity contribution in [1.82, 2.24) is 19.2 Å². The summed E-state index contributed by atoms with van der Waals surface area (Å²) >= 11 is 6.65. The number of benzene rings is 2. The molecule has 5 nitrogen and oxygen atoms in total. The highest BCUT2D eigenvalue weighted by Crippen LogP contribution is 2.23. The van der Waals surface area contributed by atoms with Crippen molar-refractivity contribution in [2.24, 2.45) is 0 Å². The molecule has 0 spiro atoms. The maximum atomic E-state index is 13.0. The van der Waals surface area contributed by atoms with E-state index < -0.39 is 47.0 Å². The van der Waals surface area contributed by atoms with E-state index in [9.17, 15) is 4.79 Å². The summed E-state index contributed by atoms with van der Waals surface area (Å²) in [7, 11) is 0. The first-order chi connectivity index (χ1) is 15.5. The smallest absolute Gasteiger partial charge is 0.279 e. The van der Waals surface area contributed by atoms with Gasteiger partial charge in [0.25, 0.3) is 0 Å². The van der Waals surface area contributed by atoms with Crippen LogP contribution < -0.4 is 5.56 Å². The summed E-state index contributed by atoms with van der Waals surface area (Å²) in [5.41, 5.74) is -2.31. The predicted octanol–water partition coefficient (Wildman–Crippen LogP) is 4.13. The number of fused-ring (bicyclic) bond motifs is 1. The molecule has 0 saturated carbocycles. The zero-order valence-corrected chi connectivity index (χ0v) is 14.9. The van der Waals surface area contributed by atoms with Crippen LogP contribution in [0.5, 0.6) is 0 Å². The van der Waals surface area contributed by atoms with Crippen molar-refractivity contribution in [3.8, 4) is 5.69 Å². The SMILES string of the molecule is [2H]c1c([2H])c([2H])c(C([2H])([2H])Sc2nnc3c(=O)n(-c4cccc(Cl)c4C)ccn23)c([2H])c1[2H]. The molecule has 26 heavy (non-hydrogen) atoms. The third kappa shape index (κ3) is 3.02. The zero-order valence-electron chi connectivity index (χ0n) is 20.4. The fraction of sp³-hybridized carbons (Fsp3) is 0.105. The van der Waals surface area contributed by atoms with Gasteiger partial charge >= 0.3 is 5.56 Å². The van der Waals surface area contributed by atoms with Crippen molar-refractivity contribution < 1.29 is 9.60 Å². The van der Waals surface area contributed by atoms with Crippen molar-refractivity contribution in [2.75, 3.05) is 0 Å². The summed E-state index contributed by atoms with van der Waals surface area (Å²) in [6.45, 7) is 1.77. The fourth-order valence-electron chi connectivity index (χ4n) is 2.38. The monoisotopic (exact) mass is 389 g/mol. The van der Waals surface area contributed by atoms with Crippen molar-refractivity contribution in [2.45, 2.75) is 17.8 Å². The molecule has 0 radical (unpaired) electrons. The van der Waals surface area contributed by atoms with E-state index in [4.69, 9.17) is 21.2 Å². The second kappa shape index (κ2) is 6.97. The van der Waals surface area contributed by atoms with E-state index in [1.54, 1.807) is 25.1 Å². The van der Waals surface area contributed by atoms with E-state index in [0.717, 1.165) is 0 Å². The lowest BCUT2D eigenvalue weighted by molar-refractivity contribution is 0.890. The molecule has 0 saturated heterocycles. The Hall–Kier alpha value is -2.57. The topological polar surface area (TPSA) is 52.2 Å². The molecule has 0 amide bonds. The molecule has 130 valence electrons. The van der Waals surface area contributed by atoms with Crippen LogP contribution in [-0.2, 0) is 5.70 Å². The van der Waals surface area contributed by atoms with Crippen LogP contribution in [0.4, 0.5) is 0 Å². The molecule has 2 aromatic heterocycles. The van der Waals surface area contributed by atoms with Crippen LogP contribution in [0.3, 0.4) is 0 Å². The van der Waals surface area contributed by atoms with E-state index in [1.807, 2.05) is 0 Å². The summed E-state index contributed by atoms with van der Waals surface area (Å²) in [5, 5.41) is 8.27. The standard InChI is InChI=1S/C19H15ClN4OS/c1-13-15(20)8-5-9-16(13)23-10-11-24-17(18(23)25)21-22-19(24)26-12-14-6-3-2-4-7-14/h2-11H,12H2,1H3/i2D,3D,4D,6D,7D,12D2. The molecule has 0 N–H and O–H groups in total. The van der Waals surface area contributed by atoms with E-state index in [0.29, 0.717) is 28.0 Å². The Morgan fingerprint density at radius 3 is 2.85 bits per heavy atom. The Morgan fingerprint density at radius 2 is 2.04 bits per heavy atom. The maximum absolute atomic E-state index is 13.0. The molecular weight excluding hydrogens is 368 g/mol. The summed E-state index contributed by atoms with van der Waals surface area (Å²) in [6, 6.07) is 1.96. The minimum Gasteiger partial charge on any atom is -0.279 e. The van der Waals surface area contributed by atoms with Gasteiger partial charge in [-0.1, -0.05) is 59.6 Å². The number of thioether (sulfide) groups is 1. The Balaban J connectivity index is 1.81. The molecule has 0 unspecified atom stereocenters. The molecule has 0 fully saturated rings. The van der Waals surface area contributed by atoms with Crippen molar-refractivity contribution >= 4 is 29.0 Å². The van der Waals surface area contributed by atoms with Gasteiger partial charge in [0.15, 0.2) is 5.16 Å². The molecule has 2 aromatic carbocycles. The first kappa shape index (κ1) is 10.5. The predicted molar refractivity (Wildman–Crippen MR) is 104 cm³/mol. The third-order valence-corrected chi connectivity index (χ3v) is 4.86. The van der Waals surface area contributed by atoms with Gasteiger partial charge < -0.3 is 0 Å². The Kier molecular flexibility index (Phi) is 2.83. The summed E-state index contributed by atoms with van der Waals surface area (Å²) in [5.74, 6) is 0. The van der Waals surface area contributed by atoms with E-state index >= 15 is 0 Å². The third-order valence-electron chi connectivity index (χ3n) is 3.68. The molecule has 4 aromatic rings. The highest BCUT2D eigenvalue weighted by Gasteiger charge is 2.13. The molecule has 0 aliphatic carbocycles. The largest absolute Gasteiger partial charge is 0.300 e. The van der Waals surface area contributed by atoms with Crippen LogP contribution in [0.15, 0.2) is 70.8 Å². The fourth-order valence-corrected chi connectivity index (χ4v) is 3.17. The van der Waals surface area contributed by atoms with Crippen molar-refractivity contribution in [3.05, 3.63) is 87.3 Å². The quantitative estimate of drug-likeness (QED) is 0.492. The lowest BCUT2D eigenvalue weighted by Gasteiger charge is -2.10. The van der Waals surface area contributed by atoms with Gasteiger partial charge in [-0.2, -0.15) is 0 Å². The van der Waals surface area contributed by atoms with Gasteiger partial charge in [0.05, 0.1) is 12.5 Å². The molecule has 0 bridgehead atoms. The number of hydrogen-bond acceptors (Lipinski definition) is 4. The molecule has 0 aliphatic heterocycles. The van der Waals surface area contributed by atoms with Gasteiger partial charge in [0.1, 0.15) is 0 Å². The lowest BCUT2D eigenvalue weighted by atomic mass is 10.2. The summed E-state index contributed by atoms with van der Waals surface area (Å²) in [6.07, 6.45) is 2.96. The molecule has 0 atom stereocenters. The van der Waals surface area contributed by atoms with Gasteiger partial charge in [-0.3, -0.25) is 13.8 Å². The number of rotatable bonds is 4. The average Bonchev–Trinajstić information content (AvgIpc) is 3.16. The minimum absolute atomic E-state index is 0.0196. The van der Waals surface area contributed by atoms with Gasteiger partial charge in [0.2, 0.25) is 5.65 Å². The highest BCUT2D eigenvalue weighted by molar-refractivity contribution is 7.98. The van der Waals surface area contributed by atoms with Crippen LogP contribution in [0.1, 0.15) is 20.7 Å². The first-order valence-electron chi connectivity index (χ1n) is 10.9. The Bertz CT molecular complexity index is 1460. The van der Waals surface area contributed by atoms with E-state index in [2.05, 4.69) is 10.2 Å². The summed E-state index contributed by atoms with van der Waals surface area (Å²) < 4.78 is 58.9. The molecular formula is C19H15ClN4OS. The van der Waals surface area contributed by atoms with E-state index in [1.165, 1.54) is 21.4 Å². The Morgan fingerprint density at radius 1 is 1.23 bits per heavy atom. The molecule has 4 rings (SSSR count). The second-order valence-electron chi connectivity index (χ2n) is 5.24. The number of hydrogen-bond donors (Lipinski definition) is 0. The highest BCUT2D eigenvalue weighted by atomic mass is 35.5. The normalized spacial score (nSPS) is 15.5. The van der Waals surface area contributed by atoms with Crippen molar-refractivity contribution in [1.29, 1.82) is 0 Å². The zero-order chi connectivity index (χ0) is 24.2. The van der Waals surface area contributed by atoms with Gasteiger partial charge in [-0.15, -0.1) is 10.2 Å². The van der Waals surface area contributed by atoms with Gasteiger partial charge in [-0.05, 0) is 30.2 Å². The lowest BCUT2D eigenvalue weighted by Crippen LogP contribution is -2.21. The van der Waals surface area contributed by atoms with Crippen LogP contribution in [0.2, 0.25) is 5.02 Å². The number of aromatic nitrogens is 4. The van der Waals surface area contributed by atoms with Gasteiger partial charge in [-0.25, -0.2) is 0 Å². The minimum atomic E-state index is -2.46. The van der Waals surface area contributed by atoms with Gasteiger partial charge in [0, 0.05) is 25.9 Å². The van der Waals surface area contributed by atoms with Crippen LogP contribution in [0, 0.1) is 6.92 Å². The molecule has 0 aliphatic rings. The van der Waals surface area contributed by atoms with Crippen LogP contribution >= 0.6 is 23.4 Å². The van der Waals surface area contributed by atoms with Crippen LogP contribution in [0.25, 0.3) is 11.3 Å². The Labute approximate surface area is 169 Å².